The number of carbonyl (C=O) groups excluding carboxylic acids is 1. The van der Waals surface area contributed by atoms with E-state index in [1.165, 1.54) is 0 Å². The SMILES string of the molecule is COCC(C)CN1CC(CN)CC1=O. The van der Waals surface area contributed by atoms with Gasteiger partial charge >= 0.3 is 0 Å². The molecule has 4 nitrogen and oxygen atoms in total. The van der Waals surface area contributed by atoms with Crippen LogP contribution in [0.2, 0.25) is 0 Å². The van der Waals surface area contributed by atoms with Crippen LogP contribution in [0.1, 0.15) is 13.3 Å². The van der Waals surface area contributed by atoms with Gasteiger partial charge in [0.15, 0.2) is 0 Å². The topological polar surface area (TPSA) is 55.6 Å². The molecule has 0 aliphatic carbocycles. The highest BCUT2D eigenvalue weighted by Gasteiger charge is 2.29. The molecule has 1 rings (SSSR count). The van der Waals surface area contributed by atoms with Gasteiger partial charge in [-0.3, -0.25) is 4.79 Å². The lowest BCUT2D eigenvalue weighted by Crippen LogP contribution is -2.32. The molecule has 82 valence electrons. The summed E-state index contributed by atoms with van der Waals surface area (Å²) in [5.41, 5.74) is 5.54. The van der Waals surface area contributed by atoms with Crippen molar-refractivity contribution in [3.8, 4) is 0 Å². The van der Waals surface area contributed by atoms with Crippen LogP contribution in [0.4, 0.5) is 0 Å². The van der Waals surface area contributed by atoms with Crippen LogP contribution in [0.25, 0.3) is 0 Å². The summed E-state index contributed by atoms with van der Waals surface area (Å²) in [5, 5.41) is 0. The van der Waals surface area contributed by atoms with E-state index in [1.807, 2.05) is 4.90 Å². The standard InChI is InChI=1S/C10H20N2O2/c1-8(7-14-2)5-12-6-9(4-11)3-10(12)13/h8-9H,3-7,11H2,1-2H3. The molecule has 4 heteroatoms. The smallest absolute Gasteiger partial charge is 0.222 e. The molecular weight excluding hydrogens is 180 g/mol. The van der Waals surface area contributed by atoms with E-state index in [0.29, 0.717) is 31.4 Å². The Morgan fingerprint density at radius 3 is 2.93 bits per heavy atom. The van der Waals surface area contributed by atoms with E-state index in [0.717, 1.165) is 13.1 Å². The molecule has 0 spiro atoms. The Kier molecular flexibility index (Phi) is 4.35. The summed E-state index contributed by atoms with van der Waals surface area (Å²) in [4.78, 5) is 13.4. The Balaban J connectivity index is 2.34. The Morgan fingerprint density at radius 2 is 2.43 bits per heavy atom. The van der Waals surface area contributed by atoms with Crippen molar-refractivity contribution in [1.82, 2.24) is 4.90 Å². The summed E-state index contributed by atoms with van der Waals surface area (Å²) in [6, 6.07) is 0. The number of hydrogen-bond acceptors (Lipinski definition) is 3. The molecule has 2 unspecified atom stereocenters. The number of amides is 1. The van der Waals surface area contributed by atoms with Crippen molar-refractivity contribution in [2.24, 2.45) is 17.6 Å². The van der Waals surface area contributed by atoms with E-state index in [2.05, 4.69) is 6.92 Å². The summed E-state index contributed by atoms with van der Waals surface area (Å²) in [6.07, 6.45) is 0.621. The monoisotopic (exact) mass is 200 g/mol. The average Bonchev–Trinajstić information content (AvgIpc) is 2.48. The zero-order chi connectivity index (χ0) is 10.6. The van der Waals surface area contributed by atoms with Crippen molar-refractivity contribution in [3.05, 3.63) is 0 Å². The van der Waals surface area contributed by atoms with Gasteiger partial charge in [0.05, 0.1) is 6.61 Å². The predicted molar refractivity (Wildman–Crippen MR) is 54.8 cm³/mol. The molecule has 1 amide bonds. The minimum atomic E-state index is 0.239. The van der Waals surface area contributed by atoms with Gasteiger partial charge in [0.25, 0.3) is 0 Å². The quantitative estimate of drug-likeness (QED) is 0.683. The van der Waals surface area contributed by atoms with Crippen molar-refractivity contribution in [1.29, 1.82) is 0 Å². The van der Waals surface area contributed by atoms with Crippen molar-refractivity contribution >= 4 is 5.91 Å². The van der Waals surface area contributed by atoms with Crippen LogP contribution < -0.4 is 5.73 Å². The molecule has 1 aliphatic rings. The van der Waals surface area contributed by atoms with Gasteiger partial charge in [0.1, 0.15) is 0 Å². The average molecular weight is 200 g/mol. The van der Waals surface area contributed by atoms with Crippen molar-refractivity contribution < 1.29 is 9.53 Å². The van der Waals surface area contributed by atoms with Gasteiger partial charge in [-0.2, -0.15) is 0 Å². The minimum absolute atomic E-state index is 0.239. The maximum absolute atomic E-state index is 11.5. The summed E-state index contributed by atoms with van der Waals surface area (Å²) in [6.45, 7) is 5.02. The van der Waals surface area contributed by atoms with E-state index < -0.39 is 0 Å². The third-order valence-electron chi connectivity index (χ3n) is 2.61. The highest BCUT2D eigenvalue weighted by atomic mass is 16.5. The second-order valence-electron chi connectivity index (χ2n) is 4.17. The Hall–Kier alpha value is -0.610. The number of hydrogen-bond donors (Lipinski definition) is 1. The molecule has 1 aliphatic heterocycles. The molecule has 0 radical (unpaired) electrons. The molecule has 1 heterocycles. The van der Waals surface area contributed by atoms with E-state index in [9.17, 15) is 4.79 Å². The molecular formula is C10H20N2O2. The maximum atomic E-state index is 11.5. The lowest BCUT2D eigenvalue weighted by atomic mass is 10.1. The minimum Gasteiger partial charge on any atom is -0.384 e. The molecule has 0 aromatic carbocycles. The summed E-state index contributed by atoms with van der Waals surface area (Å²) in [5.74, 6) is 1.00. The molecule has 14 heavy (non-hydrogen) atoms. The summed E-state index contributed by atoms with van der Waals surface area (Å²) >= 11 is 0. The molecule has 1 saturated heterocycles. The number of nitrogens with zero attached hydrogens (tertiary/aromatic N) is 1. The number of ether oxygens (including phenoxy) is 1. The van der Waals surface area contributed by atoms with Crippen LogP contribution in [0.15, 0.2) is 0 Å². The Labute approximate surface area is 85.4 Å². The zero-order valence-corrected chi connectivity index (χ0v) is 9.03. The first-order chi connectivity index (χ1) is 6.67. The second-order valence-corrected chi connectivity index (χ2v) is 4.17. The number of nitrogens with two attached hydrogens (primary N) is 1. The highest BCUT2D eigenvalue weighted by molar-refractivity contribution is 5.78. The lowest BCUT2D eigenvalue weighted by molar-refractivity contribution is -0.128. The highest BCUT2D eigenvalue weighted by Crippen LogP contribution is 2.17. The summed E-state index contributed by atoms with van der Waals surface area (Å²) in [7, 11) is 1.69. The molecule has 0 aromatic rings. The number of rotatable bonds is 5. The normalized spacial score (nSPS) is 24.4. The van der Waals surface area contributed by atoms with Crippen molar-refractivity contribution in [2.45, 2.75) is 13.3 Å². The lowest BCUT2D eigenvalue weighted by Gasteiger charge is -2.20. The van der Waals surface area contributed by atoms with Gasteiger partial charge in [-0.1, -0.05) is 6.92 Å². The van der Waals surface area contributed by atoms with Crippen LogP contribution in [0, 0.1) is 11.8 Å². The van der Waals surface area contributed by atoms with Gasteiger partial charge in [0.2, 0.25) is 5.91 Å². The molecule has 2 atom stereocenters. The van der Waals surface area contributed by atoms with Crippen LogP contribution in [-0.2, 0) is 9.53 Å². The number of carbonyl (C=O) groups is 1. The van der Waals surface area contributed by atoms with E-state index in [4.69, 9.17) is 10.5 Å². The van der Waals surface area contributed by atoms with Crippen LogP contribution in [-0.4, -0.2) is 44.2 Å². The predicted octanol–water partition coefficient (Wildman–Crippen LogP) is 0.0761. The first-order valence-corrected chi connectivity index (χ1v) is 5.14. The number of likely N-dealkylation sites (tertiary alicyclic amines) is 1. The summed E-state index contributed by atoms with van der Waals surface area (Å²) < 4.78 is 5.04. The Bertz CT molecular complexity index is 197. The van der Waals surface area contributed by atoms with E-state index in [1.54, 1.807) is 7.11 Å². The maximum Gasteiger partial charge on any atom is 0.222 e. The molecule has 0 aromatic heterocycles. The van der Waals surface area contributed by atoms with Gasteiger partial charge < -0.3 is 15.4 Å². The van der Waals surface area contributed by atoms with E-state index in [-0.39, 0.29) is 5.91 Å². The van der Waals surface area contributed by atoms with Gasteiger partial charge in [-0.25, -0.2) is 0 Å². The number of methoxy groups -OCH3 is 1. The fourth-order valence-electron chi connectivity index (χ4n) is 1.90. The van der Waals surface area contributed by atoms with Gasteiger partial charge in [0, 0.05) is 26.6 Å². The second kappa shape index (κ2) is 5.32. The van der Waals surface area contributed by atoms with Crippen molar-refractivity contribution in [2.75, 3.05) is 33.4 Å². The third-order valence-corrected chi connectivity index (χ3v) is 2.61. The molecule has 0 saturated carbocycles. The first kappa shape index (κ1) is 11.5. The molecule has 2 N–H and O–H groups in total. The van der Waals surface area contributed by atoms with Crippen molar-refractivity contribution in [3.63, 3.8) is 0 Å². The molecule has 1 fully saturated rings. The fraction of sp³-hybridized carbons (Fsp3) is 0.900. The third kappa shape index (κ3) is 2.96. The van der Waals surface area contributed by atoms with Gasteiger partial charge in [-0.15, -0.1) is 0 Å². The Morgan fingerprint density at radius 1 is 1.71 bits per heavy atom. The van der Waals surface area contributed by atoms with Gasteiger partial charge in [-0.05, 0) is 18.4 Å². The fourth-order valence-corrected chi connectivity index (χ4v) is 1.90. The van der Waals surface area contributed by atoms with Crippen LogP contribution in [0.3, 0.4) is 0 Å². The zero-order valence-electron chi connectivity index (χ0n) is 9.03. The van der Waals surface area contributed by atoms with Crippen LogP contribution in [0.5, 0.6) is 0 Å². The van der Waals surface area contributed by atoms with Crippen LogP contribution >= 0.6 is 0 Å². The largest absolute Gasteiger partial charge is 0.384 e. The first-order valence-electron chi connectivity index (χ1n) is 5.14. The molecule has 0 bridgehead atoms. The van der Waals surface area contributed by atoms with E-state index >= 15 is 0 Å².